The molecule has 0 saturated carbocycles. The van der Waals surface area contributed by atoms with Crippen molar-refractivity contribution in [2.45, 2.75) is 25.5 Å². The van der Waals surface area contributed by atoms with Crippen LogP contribution in [0.4, 0.5) is 5.69 Å². The van der Waals surface area contributed by atoms with E-state index in [-0.39, 0.29) is 5.91 Å². The molecule has 0 spiro atoms. The highest BCUT2D eigenvalue weighted by molar-refractivity contribution is 5.95. The van der Waals surface area contributed by atoms with Crippen LogP contribution in [0.3, 0.4) is 0 Å². The molecule has 4 nitrogen and oxygen atoms in total. The molecule has 0 radical (unpaired) electrons. The molecule has 2 rings (SSSR count). The molecule has 0 aliphatic heterocycles. The van der Waals surface area contributed by atoms with E-state index in [1.54, 1.807) is 19.1 Å². The van der Waals surface area contributed by atoms with Crippen LogP contribution in [0.15, 0.2) is 54.6 Å². The van der Waals surface area contributed by atoms with E-state index in [0.717, 1.165) is 5.56 Å². The molecule has 0 saturated heterocycles. The minimum atomic E-state index is -0.646. The van der Waals surface area contributed by atoms with E-state index in [4.69, 9.17) is 5.73 Å². The highest BCUT2D eigenvalue weighted by Gasteiger charge is 2.16. The first-order valence-electron chi connectivity index (χ1n) is 6.95. The van der Waals surface area contributed by atoms with Crippen molar-refractivity contribution in [1.29, 1.82) is 0 Å². The summed E-state index contributed by atoms with van der Waals surface area (Å²) in [5.41, 5.74) is 8.24. The molecule has 2 atom stereocenters. The van der Waals surface area contributed by atoms with E-state index in [2.05, 4.69) is 5.32 Å². The van der Waals surface area contributed by atoms with Gasteiger partial charge in [-0.15, -0.1) is 0 Å². The lowest BCUT2D eigenvalue weighted by molar-refractivity contribution is -0.117. The van der Waals surface area contributed by atoms with Gasteiger partial charge in [-0.25, -0.2) is 0 Å². The number of benzene rings is 2. The summed E-state index contributed by atoms with van der Waals surface area (Å²) in [7, 11) is 0. The first-order valence-corrected chi connectivity index (χ1v) is 6.95. The van der Waals surface area contributed by atoms with Crippen LogP contribution in [-0.4, -0.2) is 17.1 Å². The molecule has 4 N–H and O–H groups in total. The zero-order valence-corrected chi connectivity index (χ0v) is 12.0. The number of nitrogens with one attached hydrogen (secondary N) is 1. The van der Waals surface area contributed by atoms with Crippen LogP contribution in [0.25, 0.3) is 0 Å². The molecule has 0 heterocycles. The average Bonchev–Trinajstić information content (AvgIpc) is 2.48. The van der Waals surface area contributed by atoms with Crippen molar-refractivity contribution in [3.8, 4) is 0 Å². The van der Waals surface area contributed by atoms with Crippen molar-refractivity contribution >= 4 is 11.6 Å². The van der Waals surface area contributed by atoms with E-state index in [1.165, 1.54) is 0 Å². The number of rotatable bonds is 5. The average molecular weight is 284 g/mol. The zero-order valence-electron chi connectivity index (χ0n) is 12.0. The molecule has 0 aliphatic rings. The third-order valence-corrected chi connectivity index (χ3v) is 3.30. The summed E-state index contributed by atoms with van der Waals surface area (Å²) in [6, 6.07) is 16.2. The highest BCUT2D eigenvalue weighted by Crippen LogP contribution is 2.22. The SMILES string of the molecule is CC(O)c1ccccc1NC(=O)C(N)Cc1ccccc1. The van der Waals surface area contributed by atoms with Crippen LogP contribution in [-0.2, 0) is 11.2 Å². The number of aliphatic hydroxyl groups is 1. The Morgan fingerprint density at radius 3 is 2.43 bits per heavy atom. The first kappa shape index (κ1) is 15.2. The van der Waals surface area contributed by atoms with E-state index in [1.807, 2.05) is 42.5 Å². The number of hydrogen-bond donors (Lipinski definition) is 3. The number of carbonyl (C=O) groups is 1. The maximum Gasteiger partial charge on any atom is 0.241 e. The summed E-state index contributed by atoms with van der Waals surface area (Å²) in [6.45, 7) is 1.66. The van der Waals surface area contributed by atoms with Crippen molar-refractivity contribution in [2.75, 3.05) is 5.32 Å². The van der Waals surface area contributed by atoms with Crippen molar-refractivity contribution in [3.63, 3.8) is 0 Å². The van der Waals surface area contributed by atoms with Gasteiger partial charge in [-0.05, 0) is 25.0 Å². The molecule has 2 aromatic carbocycles. The number of aliphatic hydroxyl groups excluding tert-OH is 1. The summed E-state index contributed by atoms with van der Waals surface area (Å²) < 4.78 is 0. The van der Waals surface area contributed by atoms with Crippen LogP contribution < -0.4 is 11.1 Å². The zero-order chi connectivity index (χ0) is 15.2. The molecule has 0 bridgehead atoms. The molecule has 110 valence electrons. The van der Waals surface area contributed by atoms with Crippen molar-refractivity contribution in [3.05, 3.63) is 65.7 Å². The molecule has 1 amide bonds. The normalized spacial score (nSPS) is 13.5. The van der Waals surface area contributed by atoms with E-state index >= 15 is 0 Å². The number of carbonyl (C=O) groups excluding carboxylic acids is 1. The maximum absolute atomic E-state index is 12.2. The van der Waals surface area contributed by atoms with Crippen molar-refractivity contribution < 1.29 is 9.90 Å². The second kappa shape index (κ2) is 7.02. The topological polar surface area (TPSA) is 75.3 Å². The van der Waals surface area contributed by atoms with Crippen LogP contribution in [0.5, 0.6) is 0 Å². The lowest BCUT2D eigenvalue weighted by atomic mass is 10.0. The van der Waals surface area contributed by atoms with Crippen LogP contribution in [0, 0.1) is 0 Å². The fourth-order valence-corrected chi connectivity index (χ4v) is 2.16. The minimum Gasteiger partial charge on any atom is -0.389 e. The van der Waals surface area contributed by atoms with Gasteiger partial charge in [0.15, 0.2) is 0 Å². The van der Waals surface area contributed by atoms with E-state index < -0.39 is 12.1 Å². The van der Waals surface area contributed by atoms with Gasteiger partial charge in [0, 0.05) is 11.3 Å². The maximum atomic E-state index is 12.2. The summed E-state index contributed by atoms with van der Waals surface area (Å²) in [5.74, 6) is -0.257. The molecule has 0 aromatic heterocycles. The molecule has 0 fully saturated rings. The second-order valence-electron chi connectivity index (χ2n) is 5.05. The third kappa shape index (κ3) is 4.15. The largest absolute Gasteiger partial charge is 0.389 e. The van der Waals surface area contributed by atoms with Crippen LogP contribution in [0.2, 0.25) is 0 Å². The Labute approximate surface area is 124 Å². The second-order valence-corrected chi connectivity index (χ2v) is 5.05. The Kier molecular flexibility index (Phi) is 5.09. The lowest BCUT2D eigenvalue weighted by Crippen LogP contribution is -2.37. The predicted octanol–water partition coefficient (Wildman–Crippen LogP) is 2.25. The van der Waals surface area contributed by atoms with E-state index in [9.17, 15) is 9.90 Å². The number of amides is 1. The van der Waals surface area contributed by atoms with Gasteiger partial charge in [0.05, 0.1) is 12.1 Å². The fourth-order valence-electron chi connectivity index (χ4n) is 2.16. The molecular formula is C17H20N2O2. The van der Waals surface area contributed by atoms with Gasteiger partial charge < -0.3 is 16.2 Å². The Morgan fingerprint density at radius 2 is 1.76 bits per heavy atom. The lowest BCUT2D eigenvalue weighted by Gasteiger charge is -2.16. The summed E-state index contributed by atoms with van der Waals surface area (Å²) >= 11 is 0. The van der Waals surface area contributed by atoms with Gasteiger partial charge >= 0.3 is 0 Å². The van der Waals surface area contributed by atoms with Gasteiger partial charge in [-0.2, -0.15) is 0 Å². The number of para-hydroxylation sites is 1. The summed E-state index contributed by atoms with van der Waals surface area (Å²) in [6.07, 6.45) is -0.171. The monoisotopic (exact) mass is 284 g/mol. The third-order valence-electron chi connectivity index (χ3n) is 3.30. The molecular weight excluding hydrogens is 264 g/mol. The van der Waals surface area contributed by atoms with Gasteiger partial charge in [0.2, 0.25) is 5.91 Å². The van der Waals surface area contributed by atoms with Gasteiger partial charge in [-0.3, -0.25) is 4.79 Å². The highest BCUT2D eigenvalue weighted by atomic mass is 16.3. The quantitative estimate of drug-likeness (QED) is 0.788. The van der Waals surface area contributed by atoms with Crippen molar-refractivity contribution in [1.82, 2.24) is 0 Å². The van der Waals surface area contributed by atoms with Gasteiger partial charge in [0.1, 0.15) is 0 Å². The molecule has 2 aromatic rings. The Hall–Kier alpha value is -2.17. The standard InChI is InChI=1S/C17H20N2O2/c1-12(20)14-9-5-6-10-16(14)19-17(21)15(18)11-13-7-3-2-4-8-13/h2-10,12,15,20H,11,18H2,1H3,(H,19,21). The molecule has 0 aliphatic carbocycles. The fraction of sp³-hybridized carbons (Fsp3) is 0.235. The molecule has 2 unspecified atom stereocenters. The van der Waals surface area contributed by atoms with Gasteiger partial charge in [-0.1, -0.05) is 48.5 Å². The molecule has 21 heavy (non-hydrogen) atoms. The Bertz CT molecular complexity index is 597. The Morgan fingerprint density at radius 1 is 1.14 bits per heavy atom. The first-order chi connectivity index (χ1) is 10.1. The number of anilines is 1. The van der Waals surface area contributed by atoms with Crippen molar-refractivity contribution in [2.24, 2.45) is 5.73 Å². The summed E-state index contributed by atoms with van der Waals surface area (Å²) in [4.78, 5) is 12.2. The van der Waals surface area contributed by atoms with Crippen LogP contribution >= 0.6 is 0 Å². The predicted molar refractivity (Wildman–Crippen MR) is 83.8 cm³/mol. The van der Waals surface area contributed by atoms with Gasteiger partial charge in [0.25, 0.3) is 0 Å². The summed E-state index contributed by atoms with van der Waals surface area (Å²) in [5, 5.41) is 12.5. The number of nitrogens with two attached hydrogens (primary N) is 1. The number of hydrogen-bond acceptors (Lipinski definition) is 3. The molecule has 4 heteroatoms. The smallest absolute Gasteiger partial charge is 0.241 e. The van der Waals surface area contributed by atoms with E-state index in [0.29, 0.717) is 17.7 Å². The minimum absolute atomic E-state index is 0.257. The van der Waals surface area contributed by atoms with Crippen LogP contribution in [0.1, 0.15) is 24.2 Å². The Balaban J connectivity index is 2.04.